The van der Waals surface area contributed by atoms with Gasteiger partial charge in [0.25, 0.3) is 5.56 Å². The number of aliphatic hydroxyl groups is 1. The highest BCUT2D eigenvalue weighted by Crippen LogP contribution is 2.25. The van der Waals surface area contributed by atoms with Crippen LogP contribution in [0.5, 0.6) is 5.75 Å². The number of hydrogen-bond donors (Lipinski definition) is 1. The first kappa shape index (κ1) is 23.8. The van der Waals surface area contributed by atoms with Gasteiger partial charge in [-0.3, -0.25) is 9.36 Å². The van der Waals surface area contributed by atoms with Crippen LogP contribution in [0.25, 0.3) is 5.70 Å². The van der Waals surface area contributed by atoms with Gasteiger partial charge in [0.2, 0.25) is 0 Å². The van der Waals surface area contributed by atoms with Crippen molar-refractivity contribution < 1.29 is 18.6 Å². The molecule has 1 heterocycles. The number of halogens is 3. The van der Waals surface area contributed by atoms with Crippen molar-refractivity contribution in [1.82, 2.24) is 4.57 Å². The number of allylic oxidation sites excluding steroid dienone is 5. The van der Waals surface area contributed by atoms with Gasteiger partial charge in [0.05, 0.1) is 0 Å². The molecule has 2 rings (SSSR count). The van der Waals surface area contributed by atoms with Crippen molar-refractivity contribution in [2.24, 2.45) is 0 Å². The van der Waals surface area contributed by atoms with Gasteiger partial charge in [-0.15, -0.1) is 0 Å². The summed E-state index contributed by atoms with van der Waals surface area (Å²) in [7, 11) is 0. The number of ether oxygens (including phenoxy) is 1. The second-order valence-corrected chi connectivity index (χ2v) is 7.45. The van der Waals surface area contributed by atoms with E-state index in [2.05, 4.69) is 15.9 Å². The van der Waals surface area contributed by atoms with Crippen molar-refractivity contribution in [2.75, 3.05) is 6.61 Å². The Morgan fingerprint density at radius 3 is 2.67 bits per heavy atom. The molecule has 0 aliphatic rings. The largest absolute Gasteiger partial charge is 0.487 e. The van der Waals surface area contributed by atoms with E-state index < -0.39 is 11.6 Å². The SMILES string of the molecule is C/C=C/C=C(\C=C(/C)n1c(C)cc(OCc2ccc(F)cc2F)c(Br)c1=O)CCO. The molecule has 2 aromatic rings. The molecule has 1 aromatic heterocycles. The van der Waals surface area contributed by atoms with E-state index in [1.54, 1.807) is 19.9 Å². The van der Waals surface area contributed by atoms with Gasteiger partial charge in [-0.25, -0.2) is 8.78 Å². The second-order valence-electron chi connectivity index (χ2n) is 6.66. The molecule has 0 aliphatic carbocycles. The first-order chi connectivity index (χ1) is 14.3. The van der Waals surface area contributed by atoms with Crippen LogP contribution >= 0.6 is 15.9 Å². The summed E-state index contributed by atoms with van der Waals surface area (Å²) in [5.74, 6) is -1.10. The minimum absolute atomic E-state index is 0.00251. The Bertz CT molecular complexity index is 1060. The van der Waals surface area contributed by atoms with E-state index in [4.69, 9.17) is 4.74 Å². The number of aryl methyl sites for hydroxylation is 1. The molecule has 160 valence electrons. The summed E-state index contributed by atoms with van der Waals surface area (Å²) >= 11 is 3.27. The predicted molar refractivity (Wildman–Crippen MR) is 118 cm³/mol. The number of aromatic nitrogens is 1. The Labute approximate surface area is 182 Å². The standard InChI is InChI=1S/C23H24BrF2NO3/c1-4-5-6-17(9-10-28)11-15(2)27-16(3)12-21(22(24)23(27)29)30-14-18-7-8-19(25)13-20(18)26/h4-8,11-13,28H,9-10,14H2,1-3H3/b5-4+,15-11+,17-6-. The smallest absolute Gasteiger partial charge is 0.273 e. The highest BCUT2D eigenvalue weighted by Gasteiger charge is 2.14. The lowest BCUT2D eigenvalue weighted by molar-refractivity contribution is 0.296. The van der Waals surface area contributed by atoms with E-state index in [0.717, 1.165) is 17.7 Å². The van der Waals surface area contributed by atoms with Crippen LogP contribution in [-0.2, 0) is 6.61 Å². The normalized spacial score (nSPS) is 12.6. The average Bonchev–Trinajstić information content (AvgIpc) is 2.69. The molecule has 1 aromatic carbocycles. The van der Waals surface area contributed by atoms with Crippen molar-refractivity contribution >= 4 is 21.6 Å². The molecule has 0 saturated carbocycles. The zero-order valence-electron chi connectivity index (χ0n) is 17.1. The molecule has 30 heavy (non-hydrogen) atoms. The summed E-state index contributed by atoms with van der Waals surface area (Å²) < 4.78 is 34.2. The van der Waals surface area contributed by atoms with Gasteiger partial charge in [0.15, 0.2) is 0 Å². The molecular formula is C23H24BrF2NO3. The topological polar surface area (TPSA) is 51.5 Å². The van der Waals surface area contributed by atoms with Gasteiger partial charge in [0, 0.05) is 35.7 Å². The third-order valence-corrected chi connectivity index (χ3v) is 5.08. The van der Waals surface area contributed by atoms with Crippen LogP contribution in [0.2, 0.25) is 0 Å². The van der Waals surface area contributed by atoms with Crippen molar-refractivity contribution in [3.8, 4) is 5.75 Å². The first-order valence-corrected chi connectivity index (χ1v) is 10.2. The lowest BCUT2D eigenvalue weighted by atomic mass is 10.1. The number of benzene rings is 1. The van der Waals surface area contributed by atoms with Crippen LogP contribution in [0.15, 0.2) is 63.4 Å². The quantitative estimate of drug-likeness (QED) is 0.507. The maximum atomic E-state index is 13.8. The van der Waals surface area contributed by atoms with Crippen LogP contribution < -0.4 is 10.3 Å². The third kappa shape index (κ3) is 6.00. The van der Waals surface area contributed by atoms with E-state index in [-0.39, 0.29) is 34.6 Å². The molecule has 0 amide bonds. The Morgan fingerprint density at radius 2 is 2.03 bits per heavy atom. The molecule has 0 spiro atoms. The molecular weight excluding hydrogens is 456 g/mol. The molecule has 0 aliphatic heterocycles. The van der Waals surface area contributed by atoms with Crippen molar-refractivity contribution in [1.29, 1.82) is 0 Å². The fraction of sp³-hybridized carbons (Fsp3) is 0.261. The highest BCUT2D eigenvalue weighted by atomic mass is 79.9. The maximum Gasteiger partial charge on any atom is 0.273 e. The molecule has 0 radical (unpaired) electrons. The van der Waals surface area contributed by atoms with Crippen LogP contribution in [0.1, 0.15) is 31.5 Å². The highest BCUT2D eigenvalue weighted by molar-refractivity contribution is 9.10. The summed E-state index contributed by atoms with van der Waals surface area (Å²) in [6, 6.07) is 4.92. The van der Waals surface area contributed by atoms with E-state index in [0.29, 0.717) is 17.8 Å². The van der Waals surface area contributed by atoms with Crippen molar-refractivity contribution in [3.63, 3.8) is 0 Å². The molecule has 0 bridgehead atoms. The summed E-state index contributed by atoms with van der Waals surface area (Å²) in [6.07, 6.45) is 7.92. The van der Waals surface area contributed by atoms with Gasteiger partial charge < -0.3 is 9.84 Å². The van der Waals surface area contributed by atoms with E-state index >= 15 is 0 Å². The molecule has 0 saturated heterocycles. The summed E-state index contributed by atoms with van der Waals surface area (Å²) in [4.78, 5) is 12.9. The van der Waals surface area contributed by atoms with Crippen molar-refractivity contribution in [2.45, 2.75) is 33.8 Å². The first-order valence-electron chi connectivity index (χ1n) is 9.38. The van der Waals surface area contributed by atoms with Crippen LogP contribution in [-0.4, -0.2) is 16.3 Å². The number of pyridine rings is 1. The summed E-state index contributed by atoms with van der Waals surface area (Å²) in [6.45, 7) is 5.31. The summed E-state index contributed by atoms with van der Waals surface area (Å²) in [5, 5.41) is 9.26. The Morgan fingerprint density at radius 1 is 1.30 bits per heavy atom. The second kappa shape index (κ2) is 11.0. The van der Waals surface area contributed by atoms with E-state index in [1.165, 1.54) is 10.6 Å². The summed E-state index contributed by atoms with van der Waals surface area (Å²) in [5.41, 5.74) is 2.04. The Hall–Kier alpha value is -2.51. The monoisotopic (exact) mass is 479 g/mol. The number of aliphatic hydroxyl groups excluding tert-OH is 1. The molecule has 1 N–H and O–H groups in total. The van der Waals surface area contributed by atoms with Gasteiger partial charge in [-0.2, -0.15) is 0 Å². The number of rotatable bonds is 8. The van der Waals surface area contributed by atoms with Gasteiger partial charge in [-0.1, -0.05) is 18.2 Å². The molecule has 7 heteroatoms. The van der Waals surface area contributed by atoms with Crippen molar-refractivity contribution in [3.05, 3.63) is 91.9 Å². The average molecular weight is 480 g/mol. The van der Waals surface area contributed by atoms with E-state index in [1.807, 2.05) is 31.2 Å². The fourth-order valence-electron chi connectivity index (χ4n) is 2.90. The fourth-order valence-corrected chi connectivity index (χ4v) is 3.31. The number of hydrogen-bond acceptors (Lipinski definition) is 3. The van der Waals surface area contributed by atoms with Gasteiger partial charge in [0.1, 0.15) is 28.5 Å². The molecule has 0 atom stereocenters. The van der Waals surface area contributed by atoms with E-state index in [9.17, 15) is 18.7 Å². The number of nitrogens with zero attached hydrogens (tertiary/aromatic N) is 1. The molecule has 0 unspecified atom stereocenters. The van der Waals surface area contributed by atoms with Crippen LogP contribution in [0, 0.1) is 18.6 Å². The van der Waals surface area contributed by atoms with Crippen LogP contribution in [0.4, 0.5) is 8.78 Å². The third-order valence-electron chi connectivity index (χ3n) is 4.35. The maximum absolute atomic E-state index is 13.8. The van der Waals surface area contributed by atoms with Gasteiger partial charge in [-0.05, 0) is 66.9 Å². The Kier molecular flexibility index (Phi) is 8.74. The van der Waals surface area contributed by atoms with Crippen LogP contribution in [0.3, 0.4) is 0 Å². The Balaban J connectivity index is 2.35. The lowest BCUT2D eigenvalue weighted by Gasteiger charge is -2.15. The minimum Gasteiger partial charge on any atom is -0.487 e. The predicted octanol–water partition coefficient (Wildman–Crippen LogP) is 5.52. The zero-order valence-corrected chi connectivity index (χ0v) is 18.7. The van der Waals surface area contributed by atoms with Gasteiger partial charge >= 0.3 is 0 Å². The lowest BCUT2D eigenvalue weighted by Crippen LogP contribution is -2.22. The minimum atomic E-state index is -0.709. The zero-order chi connectivity index (χ0) is 22.3. The molecule has 0 fully saturated rings. The molecule has 4 nitrogen and oxygen atoms in total.